The summed E-state index contributed by atoms with van der Waals surface area (Å²) in [5.41, 5.74) is 1.90. The highest BCUT2D eigenvalue weighted by Gasteiger charge is 2.26. The first-order valence-corrected chi connectivity index (χ1v) is 5.57. The summed E-state index contributed by atoms with van der Waals surface area (Å²) in [6, 6.07) is 10.9. The Morgan fingerprint density at radius 2 is 1.86 bits per heavy atom. The van der Waals surface area contributed by atoms with Crippen molar-refractivity contribution in [1.82, 2.24) is 5.32 Å². The summed E-state index contributed by atoms with van der Waals surface area (Å²) in [6.07, 6.45) is 3.87. The maximum absolute atomic E-state index is 3.47. The van der Waals surface area contributed by atoms with Gasteiger partial charge in [-0.1, -0.05) is 37.3 Å². The number of hydrogen-bond donors (Lipinski definition) is 1. The minimum atomic E-state index is 0.394. The second-order valence-electron chi connectivity index (χ2n) is 4.53. The summed E-state index contributed by atoms with van der Waals surface area (Å²) in [6.45, 7) is 4.74. The molecule has 1 saturated heterocycles. The molecule has 0 amide bonds. The van der Waals surface area contributed by atoms with Gasteiger partial charge in [0.05, 0.1) is 0 Å². The van der Waals surface area contributed by atoms with Gasteiger partial charge in [-0.05, 0) is 43.3 Å². The summed E-state index contributed by atoms with van der Waals surface area (Å²) >= 11 is 0. The lowest BCUT2D eigenvalue weighted by Gasteiger charge is -2.28. The van der Waals surface area contributed by atoms with Crippen molar-refractivity contribution in [2.24, 2.45) is 0 Å². The molecular weight excluding hydrogens is 170 g/mol. The molecule has 14 heavy (non-hydrogen) atoms. The predicted molar refractivity (Wildman–Crippen MR) is 60.5 cm³/mol. The summed E-state index contributed by atoms with van der Waals surface area (Å²) in [5.74, 6) is 0. The Kier molecular flexibility index (Phi) is 2.87. The number of benzene rings is 1. The topological polar surface area (TPSA) is 12.0 Å². The molecule has 1 fully saturated rings. The summed E-state index contributed by atoms with van der Waals surface area (Å²) in [5, 5.41) is 3.47. The zero-order valence-corrected chi connectivity index (χ0v) is 8.92. The monoisotopic (exact) mass is 189 g/mol. The van der Waals surface area contributed by atoms with Crippen molar-refractivity contribution in [3.63, 3.8) is 0 Å². The van der Waals surface area contributed by atoms with Crippen LogP contribution in [0.15, 0.2) is 30.3 Å². The Morgan fingerprint density at radius 1 is 1.07 bits per heavy atom. The van der Waals surface area contributed by atoms with Gasteiger partial charge in [0.15, 0.2) is 0 Å². The van der Waals surface area contributed by atoms with Gasteiger partial charge in [-0.2, -0.15) is 0 Å². The van der Waals surface area contributed by atoms with Gasteiger partial charge >= 0.3 is 0 Å². The smallest absolute Gasteiger partial charge is 0.00405 e. The molecule has 1 heteroatoms. The van der Waals surface area contributed by atoms with Crippen molar-refractivity contribution >= 4 is 0 Å². The SMILES string of the molecule is C[C@]1(c2ccccc2)CCCNCC1. The van der Waals surface area contributed by atoms with E-state index in [1.165, 1.54) is 31.4 Å². The van der Waals surface area contributed by atoms with Crippen LogP contribution in [-0.2, 0) is 5.41 Å². The predicted octanol–water partition coefficient (Wildman–Crippen LogP) is 2.72. The Bertz CT molecular complexity index is 271. The second-order valence-corrected chi connectivity index (χ2v) is 4.53. The molecule has 0 saturated carbocycles. The van der Waals surface area contributed by atoms with Gasteiger partial charge in [0, 0.05) is 0 Å². The first-order chi connectivity index (χ1) is 6.81. The fraction of sp³-hybridized carbons (Fsp3) is 0.538. The van der Waals surface area contributed by atoms with Crippen LogP contribution in [0.3, 0.4) is 0 Å². The highest BCUT2D eigenvalue weighted by atomic mass is 14.9. The Balaban J connectivity index is 2.21. The molecule has 1 nitrogen and oxygen atoms in total. The average Bonchev–Trinajstić information content (AvgIpc) is 2.46. The molecule has 0 bridgehead atoms. The lowest BCUT2D eigenvalue weighted by molar-refractivity contribution is 0.420. The van der Waals surface area contributed by atoms with E-state index in [0.29, 0.717) is 5.41 Å². The first-order valence-electron chi connectivity index (χ1n) is 5.57. The molecule has 76 valence electrons. The fourth-order valence-electron chi connectivity index (χ4n) is 2.35. The van der Waals surface area contributed by atoms with Crippen LogP contribution in [0.2, 0.25) is 0 Å². The quantitative estimate of drug-likeness (QED) is 0.716. The molecule has 1 aromatic carbocycles. The largest absolute Gasteiger partial charge is 0.317 e. The Morgan fingerprint density at radius 3 is 2.64 bits per heavy atom. The van der Waals surface area contributed by atoms with Crippen LogP contribution in [0.1, 0.15) is 31.7 Å². The van der Waals surface area contributed by atoms with Crippen LogP contribution >= 0.6 is 0 Å². The molecule has 0 radical (unpaired) electrons. The summed E-state index contributed by atoms with van der Waals surface area (Å²) in [4.78, 5) is 0. The van der Waals surface area contributed by atoms with E-state index in [1.54, 1.807) is 0 Å². The molecule has 1 aliphatic heterocycles. The Hall–Kier alpha value is -0.820. The molecule has 1 N–H and O–H groups in total. The standard InChI is InChI=1S/C13H19N/c1-13(8-5-10-14-11-9-13)12-6-3-2-4-7-12/h2-4,6-7,14H,5,8-11H2,1H3/t13-/m0/s1. The normalized spacial score (nSPS) is 28.4. The van der Waals surface area contributed by atoms with Crippen LogP contribution in [0.25, 0.3) is 0 Å². The van der Waals surface area contributed by atoms with Gasteiger partial charge in [-0.25, -0.2) is 0 Å². The lowest BCUT2D eigenvalue weighted by atomic mass is 9.76. The summed E-state index contributed by atoms with van der Waals surface area (Å²) < 4.78 is 0. The van der Waals surface area contributed by atoms with Crippen LogP contribution in [-0.4, -0.2) is 13.1 Å². The third-order valence-corrected chi connectivity index (χ3v) is 3.41. The molecule has 1 aliphatic rings. The van der Waals surface area contributed by atoms with E-state index in [1.807, 2.05) is 0 Å². The second kappa shape index (κ2) is 4.14. The van der Waals surface area contributed by atoms with Crippen molar-refractivity contribution in [3.8, 4) is 0 Å². The van der Waals surface area contributed by atoms with Gasteiger partial charge in [0.2, 0.25) is 0 Å². The minimum Gasteiger partial charge on any atom is -0.317 e. The zero-order valence-electron chi connectivity index (χ0n) is 8.92. The van der Waals surface area contributed by atoms with Gasteiger partial charge in [0.1, 0.15) is 0 Å². The number of nitrogens with one attached hydrogen (secondary N) is 1. The maximum atomic E-state index is 3.47. The molecule has 1 aromatic rings. The first kappa shape index (κ1) is 9.72. The summed E-state index contributed by atoms with van der Waals surface area (Å²) in [7, 11) is 0. The van der Waals surface area contributed by atoms with Crippen molar-refractivity contribution in [3.05, 3.63) is 35.9 Å². The van der Waals surface area contributed by atoms with Gasteiger partial charge in [0.25, 0.3) is 0 Å². The number of hydrogen-bond acceptors (Lipinski definition) is 1. The molecule has 0 aromatic heterocycles. The van der Waals surface area contributed by atoms with Crippen molar-refractivity contribution in [2.45, 2.75) is 31.6 Å². The highest BCUT2D eigenvalue weighted by molar-refractivity contribution is 5.24. The van der Waals surface area contributed by atoms with Crippen LogP contribution in [0.4, 0.5) is 0 Å². The molecular formula is C13H19N. The third kappa shape index (κ3) is 1.98. The lowest BCUT2D eigenvalue weighted by Crippen LogP contribution is -2.23. The third-order valence-electron chi connectivity index (χ3n) is 3.41. The van der Waals surface area contributed by atoms with Crippen LogP contribution in [0, 0.1) is 0 Å². The van der Waals surface area contributed by atoms with Crippen molar-refractivity contribution < 1.29 is 0 Å². The molecule has 0 unspecified atom stereocenters. The van der Waals surface area contributed by atoms with Gasteiger partial charge < -0.3 is 5.32 Å². The van der Waals surface area contributed by atoms with E-state index in [2.05, 4.69) is 42.6 Å². The number of rotatable bonds is 1. The van der Waals surface area contributed by atoms with Crippen LogP contribution < -0.4 is 5.32 Å². The van der Waals surface area contributed by atoms with E-state index in [-0.39, 0.29) is 0 Å². The average molecular weight is 189 g/mol. The van der Waals surface area contributed by atoms with E-state index in [4.69, 9.17) is 0 Å². The Labute approximate surface area is 86.5 Å². The van der Waals surface area contributed by atoms with E-state index < -0.39 is 0 Å². The molecule has 1 atom stereocenters. The fourth-order valence-corrected chi connectivity index (χ4v) is 2.35. The van der Waals surface area contributed by atoms with E-state index in [9.17, 15) is 0 Å². The van der Waals surface area contributed by atoms with Gasteiger partial charge in [-0.3, -0.25) is 0 Å². The van der Waals surface area contributed by atoms with Crippen molar-refractivity contribution in [2.75, 3.05) is 13.1 Å². The van der Waals surface area contributed by atoms with Gasteiger partial charge in [-0.15, -0.1) is 0 Å². The zero-order chi connectivity index (χ0) is 9.86. The van der Waals surface area contributed by atoms with E-state index in [0.717, 1.165) is 6.54 Å². The minimum absolute atomic E-state index is 0.394. The highest BCUT2D eigenvalue weighted by Crippen LogP contribution is 2.33. The van der Waals surface area contributed by atoms with Crippen molar-refractivity contribution in [1.29, 1.82) is 0 Å². The van der Waals surface area contributed by atoms with Crippen LogP contribution in [0.5, 0.6) is 0 Å². The van der Waals surface area contributed by atoms with E-state index >= 15 is 0 Å². The molecule has 1 heterocycles. The molecule has 0 spiro atoms. The molecule has 0 aliphatic carbocycles. The maximum Gasteiger partial charge on any atom is -0.00405 e. The molecule has 2 rings (SSSR count).